The number of amides is 2. The van der Waals surface area contributed by atoms with E-state index in [0.717, 1.165) is 5.56 Å². The molecule has 4 heterocycles. The van der Waals surface area contributed by atoms with Gasteiger partial charge in [0.05, 0.1) is 36.3 Å². The van der Waals surface area contributed by atoms with Gasteiger partial charge in [-0.25, -0.2) is 0 Å². The second kappa shape index (κ2) is 9.57. The maximum absolute atomic E-state index is 14.6. The predicted octanol–water partition coefficient (Wildman–Crippen LogP) is 3.13. The van der Waals surface area contributed by atoms with Gasteiger partial charge in [0, 0.05) is 17.0 Å². The van der Waals surface area contributed by atoms with E-state index in [4.69, 9.17) is 9.47 Å². The second-order valence-corrected chi connectivity index (χ2v) is 12.2. The molecule has 2 aromatic carbocycles. The van der Waals surface area contributed by atoms with Gasteiger partial charge in [0.2, 0.25) is 5.91 Å². The number of ether oxygens (including phenoxy) is 2. The zero-order valence-electron chi connectivity index (χ0n) is 21.7. The third kappa shape index (κ3) is 3.82. The Morgan fingerprint density at radius 2 is 1.77 bits per heavy atom. The molecule has 39 heavy (non-hydrogen) atoms. The van der Waals surface area contributed by atoms with Crippen LogP contribution in [0.5, 0.6) is 5.75 Å². The van der Waals surface area contributed by atoms with E-state index in [1.807, 2.05) is 73.7 Å². The zero-order chi connectivity index (χ0) is 27.4. The lowest BCUT2D eigenvalue weighted by Crippen LogP contribution is -2.54. The first-order valence-corrected chi connectivity index (χ1v) is 13.8. The molecule has 1 unspecified atom stereocenters. The Morgan fingerprint density at radius 3 is 2.46 bits per heavy atom. The maximum atomic E-state index is 14.6. The van der Waals surface area contributed by atoms with Crippen LogP contribution in [0.4, 0.5) is 5.69 Å². The summed E-state index contributed by atoms with van der Waals surface area (Å²) < 4.78 is 9.03. The predicted molar refractivity (Wildman–Crippen MR) is 147 cm³/mol. The van der Waals surface area contributed by atoms with Crippen LogP contribution in [0, 0.1) is 11.8 Å². The summed E-state index contributed by atoms with van der Waals surface area (Å²) in [6.45, 7) is 2.02. The number of cyclic esters (lactones) is 1. The standard InChI is InChI=1S/C30H30N2O6S/c1-29-14-7-17-38-28(36)24(29)23-26(34)32(22(18-33)19-8-4-3-5-9-19)25-27(35)31(16-6-15-30(23,25)39-29)20-10-12-21(37-2)13-11-20/h3-15,22-25,33H,16-18H2,1-2H3/t22-,23+,24+,25?,29-,30+/m1/s1. The largest absolute Gasteiger partial charge is 0.497 e. The third-order valence-electron chi connectivity index (χ3n) is 8.33. The van der Waals surface area contributed by atoms with Gasteiger partial charge in [-0.05, 0) is 42.8 Å². The van der Waals surface area contributed by atoms with Crippen LogP contribution in [0.2, 0.25) is 0 Å². The van der Waals surface area contributed by atoms with Gasteiger partial charge in [0.15, 0.2) is 0 Å². The molecule has 8 nitrogen and oxygen atoms in total. The Kier molecular flexibility index (Phi) is 6.31. The highest BCUT2D eigenvalue weighted by atomic mass is 32.2. The van der Waals surface area contributed by atoms with Crippen LogP contribution in [0.15, 0.2) is 78.9 Å². The molecule has 6 rings (SSSR count). The van der Waals surface area contributed by atoms with E-state index in [1.54, 1.807) is 24.1 Å². The number of hydrogen-bond acceptors (Lipinski definition) is 7. The molecular weight excluding hydrogens is 516 g/mol. The van der Waals surface area contributed by atoms with Crippen LogP contribution in [0.1, 0.15) is 18.5 Å². The molecule has 1 N–H and O–H groups in total. The normalized spacial score (nSPS) is 32.2. The minimum atomic E-state index is -1.03. The SMILES string of the molecule is COc1ccc(N2CC=C[C@]34S[C@]5(C)C=CCOC(=O)[C@@H]5[C@H]3C(=O)N([C@H](CO)c3ccccc3)C4C2=O)cc1. The van der Waals surface area contributed by atoms with E-state index < -0.39 is 39.4 Å². The number of esters is 1. The van der Waals surface area contributed by atoms with Gasteiger partial charge in [0.25, 0.3) is 5.91 Å². The van der Waals surface area contributed by atoms with Crippen LogP contribution >= 0.6 is 11.8 Å². The number of methoxy groups -OCH3 is 1. The summed E-state index contributed by atoms with van der Waals surface area (Å²) in [6, 6.07) is 14.7. The van der Waals surface area contributed by atoms with Gasteiger partial charge in [-0.1, -0.05) is 48.6 Å². The van der Waals surface area contributed by atoms with Crippen LogP contribution in [-0.4, -0.2) is 70.2 Å². The number of rotatable bonds is 5. The Hall–Kier alpha value is -3.56. The highest BCUT2D eigenvalue weighted by Gasteiger charge is 2.74. The van der Waals surface area contributed by atoms with E-state index in [9.17, 15) is 19.5 Å². The van der Waals surface area contributed by atoms with Crippen molar-refractivity contribution in [2.45, 2.75) is 28.5 Å². The molecule has 1 spiro atoms. The van der Waals surface area contributed by atoms with Crippen molar-refractivity contribution in [3.05, 3.63) is 84.5 Å². The number of fused-ring (bicyclic) bond motifs is 2. The minimum absolute atomic E-state index is 0.149. The first kappa shape index (κ1) is 25.7. The summed E-state index contributed by atoms with van der Waals surface area (Å²) in [4.78, 5) is 45.7. The molecule has 9 heteroatoms. The highest BCUT2D eigenvalue weighted by molar-refractivity contribution is 8.02. The van der Waals surface area contributed by atoms with Crippen molar-refractivity contribution in [2.75, 3.05) is 31.8 Å². The van der Waals surface area contributed by atoms with E-state index in [1.165, 1.54) is 16.7 Å². The Morgan fingerprint density at radius 1 is 1.03 bits per heavy atom. The van der Waals surface area contributed by atoms with Gasteiger partial charge in [-0.2, -0.15) is 0 Å². The molecule has 202 valence electrons. The number of hydrogen-bond donors (Lipinski definition) is 1. The molecule has 0 aliphatic carbocycles. The van der Waals surface area contributed by atoms with Gasteiger partial charge < -0.3 is 24.4 Å². The Balaban J connectivity index is 1.52. The van der Waals surface area contributed by atoms with Crippen molar-refractivity contribution < 1.29 is 29.0 Å². The number of carbonyl (C=O) groups is 3. The smallest absolute Gasteiger partial charge is 0.311 e. The summed E-state index contributed by atoms with van der Waals surface area (Å²) in [7, 11) is 1.58. The lowest BCUT2D eigenvalue weighted by atomic mass is 9.75. The van der Waals surface area contributed by atoms with Crippen LogP contribution < -0.4 is 9.64 Å². The van der Waals surface area contributed by atoms with Gasteiger partial charge in [-0.3, -0.25) is 14.4 Å². The van der Waals surface area contributed by atoms with E-state index >= 15 is 0 Å². The molecule has 4 aliphatic heterocycles. The number of benzene rings is 2. The molecule has 0 bridgehead atoms. The summed E-state index contributed by atoms with van der Waals surface area (Å²) in [5, 5.41) is 10.6. The van der Waals surface area contributed by atoms with Crippen molar-refractivity contribution in [3.8, 4) is 5.75 Å². The Labute approximate surface area is 231 Å². The van der Waals surface area contributed by atoms with E-state index in [0.29, 0.717) is 18.0 Å². The number of nitrogens with zero attached hydrogens (tertiary/aromatic N) is 2. The Bertz CT molecular complexity index is 1360. The first-order chi connectivity index (χ1) is 18.8. The fraction of sp³-hybridized carbons (Fsp3) is 0.367. The van der Waals surface area contributed by atoms with Gasteiger partial charge >= 0.3 is 5.97 Å². The second-order valence-electron chi connectivity index (χ2n) is 10.4. The highest BCUT2D eigenvalue weighted by Crippen LogP contribution is 2.66. The number of aliphatic hydroxyl groups excluding tert-OH is 1. The fourth-order valence-electron chi connectivity index (χ4n) is 6.65. The van der Waals surface area contributed by atoms with Crippen LogP contribution in [0.3, 0.4) is 0 Å². The molecule has 2 amide bonds. The van der Waals surface area contributed by atoms with Gasteiger partial charge in [0.1, 0.15) is 18.4 Å². The average Bonchev–Trinajstić information content (AvgIpc) is 3.20. The first-order valence-electron chi connectivity index (χ1n) is 13.0. The molecule has 2 saturated heterocycles. The van der Waals surface area contributed by atoms with E-state index in [-0.39, 0.29) is 25.0 Å². The van der Waals surface area contributed by atoms with Gasteiger partial charge in [-0.15, -0.1) is 11.8 Å². The van der Waals surface area contributed by atoms with Crippen molar-refractivity contribution in [1.82, 2.24) is 4.90 Å². The summed E-state index contributed by atoms with van der Waals surface area (Å²) in [5.74, 6) is -1.97. The van der Waals surface area contributed by atoms with Crippen LogP contribution in [0.25, 0.3) is 0 Å². The lowest BCUT2D eigenvalue weighted by molar-refractivity contribution is -0.153. The van der Waals surface area contributed by atoms with Crippen molar-refractivity contribution in [1.29, 1.82) is 0 Å². The number of carbonyl (C=O) groups excluding carboxylic acids is 3. The van der Waals surface area contributed by atoms with Crippen molar-refractivity contribution in [3.63, 3.8) is 0 Å². The third-order valence-corrected chi connectivity index (χ3v) is 10.1. The molecule has 2 aromatic rings. The molecule has 2 fully saturated rings. The molecule has 0 aromatic heterocycles. The zero-order valence-corrected chi connectivity index (χ0v) is 22.5. The molecule has 0 radical (unpaired) electrons. The number of thioether (sulfide) groups is 1. The summed E-state index contributed by atoms with van der Waals surface area (Å²) in [5.41, 5.74) is 1.39. The minimum Gasteiger partial charge on any atom is -0.497 e. The number of anilines is 1. The lowest BCUT2D eigenvalue weighted by Gasteiger charge is -2.39. The van der Waals surface area contributed by atoms with Crippen molar-refractivity contribution >= 4 is 35.2 Å². The molecule has 4 aliphatic rings. The maximum Gasteiger partial charge on any atom is 0.311 e. The van der Waals surface area contributed by atoms with E-state index in [2.05, 4.69) is 0 Å². The average molecular weight is 547 g/mol. The van der Waals surface area contributed by atoms with Crippen molar-refractivity contribution in [2.24, 2.45) is 11.8 Å². The summed E-state index contributed by atoms with van der Waals surface area (Å²) in [6.07, 6.45) is 7.62. The monoisotopic (exact) mass is 546 g/mol. The molecular formula is C30H30N2O6S. The quantitative estimate of drug-likeness (QED) is 0.455. The topological polar surface area (TPSA) is 96.4 Å². The number of likely N-dealkylation sites (tertiary alicyclic amines) is 1. The fourth-order valence-corrected chi connectivity index (χ4v) is 8.79. The molecule has 6 atom stereocenters. The number of aliphatic hydroxyl groups is 1. The summed E-state index contributed by atoms with van der Waals surface area (Å²) >= 11 is 1.48. The molecule has 0 saturated carbocycles. The van der Waals surface area contributed by atoms with Crippen LogP contribution in [-0.2, 0) is 19.1 Å².